The van der Waals surface area contributed by atoms with Crippen molar-refractivity contribution >= 4 is 31.6 Å². The molecule has 0 unspecified atom stereocenters. The quantitative estimate of drug-likeness (QED) is 0.0605. The number of carbonyl (C=O) groups is 2. The van der Waals surface area contributed by atoms with Gasteiger partial charge in [-0.1, -0.05) is 55.5 Å². The number of carbonyl (C=O) groups excluding carboxylic acids is 2. The molecule has 1 fully saturated rings. The van der Waals surface area contributed by atoms with Gasteiger partial charge in [0.2, 0.25) is 0 Å². The monoisotopic (exact) mass is 871 g/mol. The number of esters is 1. The van der Waals surface area contributed by atoms with Crippen LogP contribution in [-0.4, -0.2) is 95.2 Å². The summed E-state index contributed by atoms with van der Waals surface area (Å²) in [6.45, 7) is 19.1. The minimum absolute atomic E-state index is 0.0710. The smallest absolute Gasteiger partial charge is 0.475 e. The molecule has 0 aliphatic carbocycles. The molecule has 0 saturated carbocycles. The molecule has 2 aliphatic rings. The van der Waals surface area contributed by atoms with Crippen LogP contribution in [-0.2, 0) is 53.2 Å². The van der Waals surface area contributed by atoms with Crippen molar-refractivity contribution in [3.63, 3.8) is 0 Å². The van der Waals surface area contributed by atoms with Gasteiger partial charge < -0.3 is 37.9 Å². The second kappa shape index (κ2) is 22.7. The number of hydrogen-bond acceptors (Lipinski definition) is 14. The highest BCUT2D eigenvalue weighted by atomic mass is 31.2. The lowest BCUT2D eigenvalue weighted by molar-refractivity contribution is -0.156. The van der Waals surface area contributed by atoms with E-state index in [1.165, 1.54) is 30.2 Å². The minimum Gasteiger partial charge on any atom is -0.497 e. The fourth-order valence-corrected chi connectivity index (χ4v) is 7.36. The lowest BCUT2D eigenvalue weighted by Gasteiger charge is -2.29. The Balaban J connectivity index is 1.78. The molecule has 4 rings (SSSR count). The SMILES string of the molecule is C=CCOP(=O)(OCC=C)OCCN(C(=O)OC(C)(C)C)c1cc2c(c(OCOC)c1)C(=O)O[C@@H](C)[C@H](C)/C=C\[C@@H](OCc1ccc(OC)cc1)[C@H]1OC(C)(C)O[C@H]1C/C=C/2. The summed E-state index contributed by atoms with van der Waals surface area (Å²) < 4.78 is 77.6. The maximum Gasteiger partial charge on any atom is 0.475 e. The highest BCUT2D eigenvalue weighted by Gasteiger charge is 2.44. The lowest BCUT2D eigenvalue weighted by atomic mass is 9.98. The Morgan fingerprint density at radius 1 is 1.00 bits per heavy atom. The maximum absolute atomic E-state index is 14.2. The summed E-state index contributed by atoms with van der Waals surface area (Å²) in [5.41, 5.74) is 0.751. The molecule has 0 spiro atoms. The van der Waals surface area contributed by atoms with Crippen LogP contribution in [0.15, 0.2) is 79.9 Å². The van der Waals surface area contributed by atoms with E-state index in [0.29, 0.717) is 18.6 Å². The van der Waals surface area contributed by atoms with Crippen molar-refractivity contribution < 1.29 is 65.6 Å². The van der Waals surface area contributed by atoms with Crippen LogP contribution in [0.5, 0.6) is 11.5 Å². The molecule has 336 valence electrons. The van der Waals surface area contributed by atoms with Gasteiger partial charge in [0.05, 0.1) is 51.9 Å². The molecule has 5 atom stereocenters. The van der Waals surface area contributed by atoms with Gasteiger partial charge in [0.1, 0.15) is 41.0 Å². The predicted molar refractivity (Wildman–Crippen MR) is 231 cm³/mol. The molecule has 0 N–H and O–H groups in total. The number of nitrogens with zero attached hydrogens (tertiary/aromatic N) is 1. The number of hydrogen-bond donors (Lipinski definition) is 0. The maximum atomic E-state index is 14.2. The number of benzene rings is 2. The Kier molecular flexibility index (Phi) is 18.4. The van der Waals surface area contributed by atoms with Gasteiger partial charge >= 0.3 is 19.9 Å². The van der Waals surface area contributed by atoms with E-state index >= 15 is 0 Å². The number of cyclic esters (lactones) is 1. The van der Waals surface area contributed by atoms with Crippen molar-refractivity contribution in [1.82, 2.24) is 0 Å². The summed E-state index contributed by atoms with van der Waals surface area (Å²) in [6, 6.07) is 10.8. The zero-order chi connectivity index (χ0) is 44.8. The third-order valence-corrected chi connectivity index (χ3v) is 10.7. The first-order valence-electron chi connectivity index (χ1n) is 20.1. The van der Waals surface area contributed by atoms with Gasteiger partial charge in [0.25, 0.3) is 0 Å². The van der Waals surface area contributed by atoms with Gasteiger partial charge in [-0.05, 0) is 77.3 Å². The van der Waals surface area contributed by atoms with Crippen molar-refractivity contribution in [2.24, 2.45) is 5.92 Å². The molecule has 2 aliphatic heterocycles. The first-order chi connectivity index (χ1) is 28.9. The van der Waals surface area contributed by atoms with E-state index in [9.17, 15) is 14.2 Å². The number of amides is 1. The molecule has 16 heteroatoms. The molecule has 2 aromatic carbocycles. The summed E-state index contributed by atoms with van der Waals surface area (Å²) in [5.74, 6) is -1.05. The summed E-state index contributed by atoms with van der Waals surface area (Å²) in [4.78, 5) is 29.4. The van der Waals surface area contributed by atoms with Gasteiger partial charge in [0, 0.05) is 19.1 Å². The van der Waals surface area contributed by atoms with E-state index in [1.54, 1.807) is 46.9 Å². The number of anilines is 1. The second-order valence-corrected chi connectivity index (χ2v) is 17.5. The third kappa shape index (κ3) is 14.9. The Labute approximate surface area is 360 Å². The van der Waals surface area contributed by atoms with Crippen LogP contribution in [0.2, 0.25) is 0 Å². The zero-order valence-corrected chi connectivity index (χ0v) is 37.7. The number of rotatable bonds is 18. The normalized spacial score (nSPS) is 22.7. The molecule has 2 aromatic rings. The minimum atomic E-state index is -4.09. The van der Waals surface area contributed by atoms with Crippen molar-refractivity contribution in [2.45, 2.75) is 97.3 Å². The summed E-state index contributed by atoms with van der Waals surface area (Å²) >= 11 is 0. The number of methoxy groups -OCH3 is 2. The fraction of sp³-hybridized carbons (Fsp3) is 0.511. The highest BCUT2D eigenvalue weighted by molar-refractivity contribution is 7.48. The standard InChI is InChI=1S/C45H62NO14P/c1-12-24-54-61(49,55-25-13-2)56-26-23-46(43(48)60-44(5,6)7)35-27-34-15-14-16-38-41(59-45(8,9)58-38)37(52-29-33-18-20-36(51-11)21-19-33)22-17-31(3)32(4)57-42(47)40(34)39(28-35)53-30-50-10/h12-15,17-22,27-28,31-32,37-38,41H,1-2,16,23-26,29-30H2,3-11H3/b15-14+,22-17-/t31-,32+,37-,38+,41-/m1/s1. The highest BCUT2D eigenvalue weighted by Crippen LogP contribution is 2.49. The summed E-state index contributed by atoms with van der Waals surface area (Å²) in [7, 11) is -1.03. The summed E-state index contributed by atoms with van der Waals surface area (Å²) in [5, 5.41) is 0. The van der Waals surface area contributed by atoms with Gasteiger partial charge in [-0.3, -0.25) is 18.5 Å². The van der Waals surface area contributed by atoms with Crippen LogP contribution in [0.4, 0.5) is 10.5 Å². The number of phosphoric ester groups is 1. The van der Waals surface area contributed by atoms with Crippen LogP contribution in [0.1, 0.15) is 76.4 Å². The molecule has 1 amide bonds. The van der Waals surface area contributed by atoms with Crippen molar-refractivity contribution in [2.75, 3.05) is 52.3 Å². The number of ether oxygens (including phenoxy) is 8. The first-order valence-corrected chi connectivity index (χ1v) is 21.6. The van der Waals surface area contributed by atoms with E-state index in [-0.39, 0.29) is 56.1 Å². The Hall–Kier alpha value is -4.31. The Morgan fingerprint density at radius 3 is 2.31 bits per heavy atom. The largest absolute Gasteiger partial charge is 0.497 e. The first kappa shape index (κ1) is 49.3. The topological polar surface area (TPSA) is 156 Å². The van der Waals surface area contributed by atoms with E-state index in [1.807, 2.05) is 63.3 Å². The van der Waals surface area contributed by atoms with Crippen LogP contribution < -0.4 is 14.4 Å². The summed E-state index contributed by atoms with van der Waals surface area (Å²) in [6.07, 6.45) is 7.74. The third-order valence-electron chi connectivity index (χ3n) is 9.30. The zero-order valence-electron chi connectivity index (χ0n) is 36.8. The Bertz CT molecular complexity index is 1870. The van der Waals surface area contributed by atoms with E-state index < -0.39 is 55.7 Å². The fourth-order valence-electron chi connectivity index (χ4n) is 6.25. The molecule has 61 heavy (non-hydrogen) atoms. The van der Waals surface area contributed by atoms with Crippen LogP contribution >= 0.6 is 7.82 Å². The molecule has 1 saturated heterocycles. The van der Waals surface area contributed by atoms with Gasteiger partial charge in [0.15, 0.2) is 12.6 Å². The number of phosphoric acid groups is 1. The molecule has 0 aromatic heterocycles. The molecule has 15 nitrogen and oxygen atoms in total. The van der Waals surface area contributed by atoms with Gasteiger partial charge in [-0.15, -0.1) is 13.2 Å². The van der Waals surface area contributed by atoms with Gasteiger partial charge in [-0.25, -0.2) is 14.2 Å². The van der Waals surface area contributed by atoms with Gasteiger partial charge in [-0.2, -0.15) is 0 Å². The average molecular weight is 872 g/mol. The Morgan fingerprint density at radius 2 is 1.69 bits per heavy atom. The second-order valence-electron chi connectivity index (χ2n) is 15.8. The molecular formula is C45H62NO14P. The van der Waals surface area contributed by atoms with E-state index in [4.69, 9.17) is 51.5 Å². The van der Waals surface area contributed by atoms with Crippen LogP contribution in [0.3, 0.4) is 0 Å². The van der Waals surface area contributed by atoms with Crippen molar-refractivity contribution in [3.05, 3.63) is 96.6 Å². The molecule has 0 radical (unpaired) electrons. The lowest BCUT2D eigenvalue weighted by Crippen LogP contribution is -2.39. The van der Waals surface area contributed by atoms with Crippen LogP contribution in [0.25, 0.3) is 6.08 Å². The van der Waals surface area contributed by atoms with E-state index in [2.05, 4.69) is 13.2 Å². The molecule has 2 heterocycles. The van der Waals surface area contributed by atoms with Crippen molar-refractivity contribution in [1.29, 1.82) is 0 Å². The van der Waals surface area contributed by atoms with Crippen molar-refractivity contribution in [3.8, 4) is 11.5 Å². The van der Waals surface area contributed by atoms with Crippen LogP contribution in [0, 0.1) is 5.92 Å². The predicted octanol–water partition coefficient (Wildman–Crippen LogP) is 9.21. The average Bonchev–Trinajstić information content (AvgIpc) is 3.52. The molecular weight excluding hydrogens is 809 g/mol. The number of fused-ring (bicyclic) bond motifs is 2. The van der Waals surface area contributed by atoms with E-state index in [0.717, 1.165) is 11.3 Å². The molecule has 0 bridgehead atoms.